The first-order chi connectivity index (χ1) is 14.3. The molecular weight excluding hydrogens is 408 g/mol. The van der Waals surface area contributed by atoms with Gasteiger partial charge in [-0.2, -0.15) is 0 Å². The molecule has 0 radical (unpaired) electrons. The first-order valence-electron chi connectivity index (χ1n) is 9.47. The molecule has 10 heteroatoms. The van der Waals surface area contributed by atoms with Gasteiger partial charge in [0.2, 0.25) is 15.9 Å². The maximum absolute atomic E-state index is 12.3. The van der Waals surface area contributed by atoms with Crippen LogP contribution in [0.2, 0.25) is 0 Å². The summed E-state index contributed by atoms with van der Waals surface area (Å²) in [6.45, 7) is 0.0984. The highest BCUT2D eigenvalue weighted by atomic mass is 32.2. The third kappa shape index (κ3) is 4.28. The van der Waals surface area contributed by atoms with Gasteiger partial charge in [-0.3, -0.25) is 23.9 Å². The summed E-state index contributed by atoms with van der Waals surface area (Å²) in [6.07, 6.45) is 1.38. The number of nitrogens with zero attached hydrogens (tertiary/aromatic N) is 1. The molecule has 1 aromatic heterocycles. The van der Waals surface area contributed by atoms with Crippen LogP contribution >= 0.6 is 0 Å². The van der Waals surface area contributed by atoms with Gasteiger partial charge in [0.25, 0.3) is 5.56 Å². The maximum atomic E-state index is 12.3. The number of aromatic nitrogens is 2. The topological polar surface area (TPSA) is 130 Å². The standard InChI is InChI=1S/C20H20N4O5S/c25-18(11-12-24-17-4-2-1-3-16(17)19(26)22-20(24)27)21-13-5-7-14(8-6-13)23-30(28,29)15-9-10-15/h1-8,15,23H,9-12H2,(H,21,25)(H,22,26,27). The summed E-state index contributed by atoms with van der Waals surface area (Å²) in [6, 6.07) is 13.1. The largest absolute Gasteiger partial charge is 0.328 e. The summed E-state index contributed by atoms with van der Waals surface area (Å²) in [5.41, 5.74) is 0.373. The van der Waals surface area contributed by atoms with Crippen molar-refractivity contribution in [3.05, 3.63) is 69.4 Å². The van der Waals surface area contributed by atoms with Gasteiger partial charge in [0, 0.05) is 24.3 Å². The zero-order valence-corrected chi connectivity index (χ0v) is 16.7. The number of hydrogen-bond donors (Lipinski definition) is 3. The van der Waals surface area contributed by atoms with Crippen molar-refractivity contribution in [1.82, 2.24) is 9.55 Å². The second kappa shape index (κ2) is 7.79. The molecule has 0 aliphatic heterocycles. The second-order valence-corrected chi connectivity index (χ2v) is 9.11. The van der Waals surface area contributed by atoms with E-state index in [1.165, 1.54) is 4.57 Å². The molecule has 1 saturated carbocycles. The number of hydrogen-bond acceptors (Lipinski definition) is 5. The van der Waals surface area contributed by atoms with Crippen molar-refractivity contribution >= 4 is 38.2 Å². The molecular formula is C20H20N4O5S. The van der Waals surface area contributed by atoms with Crippen molar-refractivity contribution in [2.75, 3.05) is 10.0 Å². The zero-order chi connectivity index (χ0) is 21.3. The average Bonchev–Trinajstić information content (AvgIpc) is 3.55. The summed E-state index contributed by atoms with van der Waals surface area (Å²) < 4.78 is 27.8. The van der Waals surface area contributed by atoms with Gasteiger partial charge in [0.1, 0.15) is 0 Å². The Morgan fingerprint density at radius 1 is 1.03 bits per heavy atom. The molecule has 0 unspecified atom stereocenters. The van der Waals surface area contributed by atoms with Crippen molar-refractivity contribution in [3.63, 3.8) is 0 Å². The van der Waals surface area contributed by atoms with E-state index in [0.29, 0.717) is 35.1 Å². The Hall–Kier alpha value is -3.40. The van der Waals surface area contributed by atoms with Crippen molar-refractivity contribution in [2.24, 2.45) is 0 Å². The maximum Gasteiger partial charge on any atom is 0.328 e. The fraction of sp³-hybridized carbons (Fsp3) is 0.250. The van der Waals surface area contributed by atoms with Gasteiger partial charge in [0.05, 0.1) is 16.2 Å². The molecule has 0 bridgehead atoms. The van der Waals surface area contributed by atoms with Crippen LogP contribution in [0.5, 0.6) is 0 Å². The summed E-state index contributed by atoms with van der Waals surface area (Å²) in [5, 5.41) is 2.77. The van der Waals surface area contributed by atoms with Gasteiger partial charge in [0.15, 0.2) is 0 Å². The average molecular weight is 428 g/mol. The monoisotopic (exact) mass is 428 g/mol. The lowest BCUT2D eigenvalue weighted by molar-refractivity contribution is -0.116. The van der Waals surface area contributed by atoms with E-state index in [9.17, 15) is 22.8 Å². The van der Waals surface area contributed by atoms with E-state index in [-0.39, 0.29) is 24.1 Å². The van der Waals surface area contributed by atoms with Crippen molar-refractivity contribution in [2.45, 2.75) is 31.1 Å². The van der Waals surface area contributed by atoms with Crippen LogP contribution in [-0.4, -0.2) is 29.1 Å². The minimum absolute atomic E-state index is 0.0198. The van der Waals surface area contributed by atoms with E-state index in [1.807, 2.05) is 0 Å². The Morgan fingerprint density at radius 3 is 2.40 bits per heavy atom. The lowest BCUT2D eigenvalue weighted by Gasteiger charge is -2.11. The van der Waals surface area contributed by atoms with Crippen LogP contribution in [0.3, 0.4) is 0 Å². The molecule has 0 atom stereocenters. The van der Waals surface area contributed by atoms with Gasteiger partial charge in [-0.1, -0.05) is 12.1 Å². The Morgan fingerprint density at radius 2 is 1.70 bits per heavy atom. The predicted molar refractivity (Wildman–Crippen MR) is 114 cm³/mol. The molecule has 9 nitrogen and oxygen atoms in total. The molecule has 3 N–H and O–H groups in total. The minimum Gasteiger partial charge on any atom is -0.326 e. The normalized spacial score (nSPS) is 13.9. The number of aromatic amines is 1. The number of sulfonamides is 1. The molecule has 2 aromatic carbocycles. The highest BCUT2D eigenvalue weighted by Crippen LogP contribution is 2.29. The number of nitrogens with one attached hydrogen (secondary N) is 3. The number of para-hydroxylation sites is 1. The van der Waals surface area contributed by atoms with Crippen LogP contribution in [0.25, 0.3) is 10.9 Å². The van der Waals surface area contributed by atoms with Gasteiger partial charge in [-0.15, -0.1) is 0 Å². The highest BCUT2D eigenvalue weighted by Gasteiger charge is 2.35. The Kier molecular flexibility index (Phi) is 5.17. The number of benzene rings is 2. The number of fused-ring (bicyclic) bond motifs is 1. The number of carbonyl (C=O) groups is 1. The molecule has 30 heavy (non-hydrogen) atoms. The third-order valence-corrected chi connectivity index (χ3v) is 6.73. The summed E-state index contributed by atoms with van der Waals surface area (Å²) >= 11 is 0. The minimum atomic E-state index is -3.34. The lowest BCUT2D eigenvalue weighted by Crippen LogP contribution is -2.31. The molecule has 4 rings (SSSR count). The Balaban J connectivity index is 1.40. The molecule has 1 heterocycles. The van der Waals surface area contributed by atoms with E-state index in [0.717, 1.165) is 0 Å². The molecule has 1 aliphatic rings. The van der Waals surface area contributed by atoms with E-state index in [1.54, 1.807) is 48.5 Å². The SMILES string of the molecule is O=C(CCn1c(=O)[nH]c(=O)c2ccccc21)Nc1ccc(NS(=O)(=O)C2CC2)cc1. The van der Waals surface area contributed by atoms with Crippen LogP contribution in [0.1, 0.15) is 19.3 Å². The summed E-state index contributed by atoms with van der Waals surface area (Å²) in [4.78, 5) is 38.6. The lowest BCUT2D eigenvalue weighted by atomic mass is 10.2. The van der Waals surface area contributed by atoms with Crippen LogP contribution < -0.4 is 21.3 Å². The summed E-state index contributed by atoms with van der Waals surface area (Å²) in [7, 11) is -3.34. The molecule has 1 fully saturated rings. The predicted octanol–water partition coefficient (Wildman–Crippen LogP) is 1.62. The van der Waals surface area contributed by atoms with Gasteiger partial charge in [-0.25, -0.2) is 13.2 Å². The van der Waals surface area contributed by atoms with Crippen LogP contribution in [0, 0.1) is 0 Å². The summed E-state index contributed by atoms with van der Waals surface area (Å²) in [5.74, 6) is -0.316. The number of amides is 1. The van der Waals surface area contributed by atoms with Gasteiger partial charge < -0.3 is 5.32 Å². The first kappa shape index (κ1) is 19.9. The van der Waals surface area contributed by atoms with E-state index in [4.69, 9.17) is 0 Å². The Bertz CT molecular complexity index is 1320. The molecule has 3 aromatic rings. The van der Waals surface area contributed by atoms with E-state index < -0.39 is 21.3 Å². The number of rotatable bonds is 7. The quantitative estimate of drug-likeness (QED) is 0.526. The fourth-order valence-electron chi connectivity index (χ4n) is 3.15. The van der Waals surface area contributed by atoms with Crippen molar-refractivity contribution < 1.29 is 13.2 Å². The van der Waals surface area contributed by atoms with Crippen molar-refractivity contribution in [1.29, 1.82) is 0 Å². The molecule has 0 saturated heterocycles. The molecule has 156 valence electrons. The fourth-order valence-corrected chi connectivity index (χ4v) is 4.54. The number of carbonyl (C=O) groups excluding carboxylic acids is 1. The zero-order valence-electron chi connectivity index (χ0n) is 15.9. The number of aryl methyl sites for hydroxylation is 1. The van der Waals surface area contributed by atoms with E-state index >= 15 is 0 Å². The smallest absolute Gasteiger partial charge is 0.326 e. The van der Waals surface area contributed by atoms with Gasteiger partial charge >= 0.3 is 5.69 Å². The molecule has 1 aliphatic carbocycles. The van der Waals surface area contributed by atoms with Crippen molar-refractivity contribution in [3.8, 4) is 0 Å². The van der Waals surface area contributed by atoms with Crippen LogP contribution in [0.4, 0.5) is 11.4 Å². The Labute approximate surface area is 171 Å². The third-order valence-electron chi connectivity index (χ3n) is 4.86. The van der Waals surface area contributed by atoms with Crippen LogP contribution in [0.15, 0.2) is 58.1 Å². The first-order valence-corrected chi connectivity index (χ1v) is 11.0. The van der Waals surface area contributed by atoms with Crippen LogP contribution in [-0.2, 0) is 21.4 Å². The van der Waals surface area contributed by atoms with E-state index in [2.05, 4.69) is 15.0 Å². The van der Waals surface area contributed by atoms with Gasteiger partial charge in [-0.05, 0) is 49.2 Å². The second-order valence-electron chi connectivity index (χ2n) is 7.15. The molecule has 1 amide bonds. The highest BCUT2D eigenvalue weighted by molar-refractivity contribution is 7.93. The molecule has 0 spiro atoms. The number of H-pyrrole nitrogens is 1. The number of anilines is 2.